The van der Waals surface area contributed by atoms with E-state index in [4.69, 9.17) is 16.6 Å². The molecule has 1 fully saturated rings. The zero-order valence-corrected chi connectivity index (χ0v) is 33.1. The number of hydrogen-bond acceptors (Lipinski definition) is 7. The molecule has 1 saturated carbocycles. The van der Waals surface area contributed by atoms with Crippen molar-refractivity contribution in [2.24, 2.45) is 13.0 Å². The topological polar surface area (TPSA) is 146 Å². The molecule has 0 bridgehead atoms. The highest BCUT2D eigenvalue weighted by Crippen LogP contribution is 2.68. The maximum atomic E-state index is 15.5. The van der Waals surface area contributed by atoms with Gasteiger partial charge < -0.3 is 5.32 Å². The molecule has 2 aliphatic rings. The van der Waals surface area contributed by atoms with Gasteiger partial charge >= 0.3 is 0 Å². The summed E-state index contributed by atoms with van der Waals surface area (Å²) in [6.07, 6.45) is -2.72. The molecule has 0 aliphatic heterocycles. The monoisotopic (exact) mass is 858 g/mol. The lowest BCUT2D eigenvalue weighted by Crippen LogP contribution is -2.38. The molecule has 20 heteroatoms. The van der Waals surface area contributed by atoms with Gasteiger partial charge in [0.25, 0.3) is 17.9 Å². The van der Waals surface area contributed by atoms with E-state index >= 15 is 8.78 Å². The summed E-state index contributed by atoms with van der Waals surface area (Å²) in [6, 6.07) is 10.6. The highest BCUT2D eigenvalue weighted by molar-refractivity contribution is 7.92. The quantitative estimate of drug-likeness (QED) is 0.132. The molecule has 3 heterocycles. The van der Waals surface area contributed by atoms with E-state index < -0.39 is 87.7 Å². The van der Waals surface area contributed by atoms with Crippen molar-refractivity contribution in [2.45, 2.75) is 57.5 Å². The number of fused-ring (bicyclic) bond motifs is 4. The minimum absolute atomic E-state index is 0.00429. The van der Waals surface area contributed by atoms with Gasteiger partial charge in [-0.1, -0.05) is 28.8 Å². The predicted octanol–water partition coefficient (Wildman–Crippen LogP) is 7.15. The van der Waals surface area contributed by atoms with Crippen molar-refractivity contribution in [3.8, 4) is 16.9 Å². The standard InChI is InChI=1S/C39H33ClF6N8O4S/c1-17-7-18(2)9-20(8-17)26-15-30(56)54(28-6-5-25(40)32-34(28)52(3)50-37(32)51-59(4,57)58)38(48-26)27(12-19-10-21(41)13-22(42)11-19)47-29(55)16-53-35-31(33(49-53)36(43)44)23-14-24(23)39(35,45)46/h5-11,13,15,23-24,27,36H,12,14,16H2,1-4H3,(H,47,55)(H,50,51)/t23-,24+,27-/m0/s1. The molecular formula is C39H33ClF6N8O4S. The fourth-order valence-electron chi connectivity index (χ4n) is 8.16. The first-order valence-electron chi connectivity index (χ1n) is 18.1. The molecule has 2 N–H and O–H groups in total. The first kappa shape index (κ1) is 40.1. The normalized spacial score (nSPS) is 17.3. The van der Waals surface area contributed by atoms with Gasteiger partial charge in [0.1, 0.15) is 35.4 Å². The summed E-state index contributed by atoms with van der Waals surface area (Å²) < 4.78 is 118. The van der Waals surface area contributed by atoms with Crippen LogP contribution in [0.5, 0.6) is 0 Å². The van der Waals surface area contributed by atoms with Crippen LogP contribution < -0.4 is 15.6 Å². The molecule has 1 amide bonds. The van der Waals surface area contributed by atoms with E-state index in [0.717, 1.165) is 34.1 Å². The Labute approximate surface area is 336 Å². The Balaban J connectivity index is 1.33. The van der Waals surface area contributed by atoms with Crippen LogP contribution in [0.1, 0.15) is 64.3 Å². The highest BCUT2D eigenvalue weighted by atomic mass is 35.5. The minimum atomic E-state index is -3.89. The molecule has 0 saturated heterocycles. The minimum Gasteiger partial charge on any atom is -0.344 e. The number of nitrogens with one attached hydrogen (secondary N) is 2. The van der Waals surface area contributed by atoms with E-state index in [2.05, 4.69) is 20.2 Å². The molecule has 0 spiro atoms. The Morgan fingerprint density at radius 2 is 1.69 bits per heavy atom. The third kappa shape index (κ3) is 7.34. The van der Waals surface area contributed by atoms with Crippen LogP contribution >= 0.6 is 11.6 Å². The number of anilines is 1. The van der Waals surface area contributed by atoms with E-state index in [9.17, 15) is 35.6 Å². The van der Waals surface area contributed by atoms with Gasteiger partial charge in [-0.3, -0.25) is 28.2 Å². The van der Waals surface area contributed by atoms with Gasteiger partial charge in [-0.05, 0) is 68.1 Å². The number of rotatable bonds is 11. The van der Waals surface area contributed by atoms with Crippen LogP contribution in [-0.2, 0) is 40.8 Å². The molecule has 308 valence electrons. The summed E-state index contributed by atoms with van der Waals surface area (Å²) >= 11 is 6.59. The molecule has 12 nitrogen and oxygen atoms in total. The zero-order chi connectivity index (χ0) is 42.5. The van der Waals surface area contributed by atoms with Gasteiger partial charge in [0.05, 0.1) is 39.6 Å². The summed E-state index contributed by atoms with van der Waals surface area (Å²) in [5.41, 5.74) is -0.237. The molecular weight excluding hydrogens is 826 g/mol. The molecule has 59 heavy (non-hydrogen) atoms. The average Bonchev–Trinajstić information content (AvgIpc) is 3.66. The van der Waals surface area contributed by atoms with Crippen LogP contribution in [-0.4, -0.2) is 49.7 Å². The molecule has 3 aromatic heterocycles. The summed E-state index contributed by atoms with van der Waals surface area (Å²) in [4.78, 5) is 33.5. The summed E-state index contributed by atoms with van der Waals surface area (Å²) in [5.74, 6) is -8.91. The number of alkyl halides is 4. The second kappa shape index (κ2) is 14.2. The van der Waals surface area contributed by atoms with Gasteiger partial charge in [-0.15, -0.1) is 0 Å². The fraction of sp³-hybridized carbons (Fsp3) is 0.308. The van der Waals surface area contributed by atoms with Crippen LogP contribution in [0.4, 0.5) is 32.2 Å². The van der Waals surface area contributed by atoms with Gasteiger partial charge in [0.2, 0.25) is 15.9 Å². The number of nitrogens with zero attached hydrogens (tertiary/aromatic N) is 6. The van der Waals surface area contributed by atoms with E-state index in [1.807, 2.05) is 19.9 Å². The van der Waals surface area contributed by atoms with E-state index in [0.29, 0.717) is 16.3 Å². The maximum Gasteiger partial charge on any atom is 0.293 e. The molecule has 2 aliphatic carbocycles. The molecule has 6 aromatic rings. The Morgan fingerprint density at radius 1 is 1.02 bits per heavy atom. The van der Waals surface area contributed by atoms with Crippen molar-refractivity contribution in [1.29, 1.82) is 0 Å². The fourth-order valence-corrected chi connectivity index (χ4v) is 8.89. The molecule has 8 rings (SSSR count). The molecule has 0 unspecified atom stereocenters. The number of benzene rings is 3. The summed E-state index contributed by atoms with van der Waals surface area (Å²) in [6.45, 7) is 2.69. The van der Waals surface area contributed by atoms with E-state index in [-0.39, 0.29) is 56.5 Å². The van der Waals surface area contributed by atoms with Crippen LogP contribution in [0.3, 0.4) is 0 Å². The van der Waals surface area contributed by atoms with Gasteiger partial charge in [-0.25, -0.2) is 31.0 Å². The first-order valence-corrected chi connectivity index (χ1v) is 20.3. The Morgan fingerprint density at radius 3 is 2.34 bits per heavy atom. The summed E-state index contributed by atoms with van der Waals surface area (Å²) in [7, 11) is -2.43. The van der Waals surface area contributed by atoms with Crippen LogP contribution in [0, 0.1) is 31.4 Å². The second-order valence-corrected chi connectivity index (χ2v) is 17.1. The lowest BCUT2D eigenvalue weighted by Gasteiger charge is -2.24. The summed E-state index contributed by atoms with van der Waals surface area (Å²) in [5, 5.41) is 10.8. The Bertz CT molecular complexity index is 2870. The van der Waals surface area contributed by atoms with Crippen molar-refractivity contribution < 1.29 is 39.6 Å². The lowest BCUT2D eigenvalue weighted by molar-refractivity contribution is -0.123. The second-order valence-electron chi connectivity index (χ2n) is 15.0. The number of amides is 1. The number of carbonyl (C=O) groups excluding carboxylic acids is 1. The SMILES string of the molecule is Cc1cc(C)cc(-c2cc(=O)n(-c3ccc(Cl)c4c(NS(C)(=O)=O)nn(C)c34)c([C@H](Cc3cc(F)cc(F)c3)NC(=O)Cn3nc(C(F)F)c4c3C(F)(F)[C@@H]3C[C@H]43)n2)c1. The van der Waals surface area contributed by atoms with Crippen LogP contribution in [0.25, 0.3) is 27.8 Å². The van der Waals surface area contributed by atoms with E-state index in [1.54, 1.807) is 12.1 Å². The first-order chi connectivity index (χ1) is 27.7. The van der Waals surface area contributed by atoms with Crippen molar-refractivity contribution in [1.82, 2.24) is 34.4 Å². The third-order valence-corrected chi connectivity index (χ3v) is 11.2. The number of aromatic nitrogens is 6. The zero-order valence-electron chi connectivity index (χ0n) is 31.5. The predicted molar refractivity (Wildman–Crippen MR) is 205 cm³/mol. The number of aryl methyl sites for hydroxylation is 3. The number of sulfonamides is 1. The van der Waals surface area contributed by atoms with Crippen molar-refractivity contribution >= 4 is 44.3 Å². The van der Waals surface area contributed by atoms with Gasteiger partial charge in [0.15, 0.2) is 5.82 Å². The Hall–Kier alpha value is -5.69. The third-order valence-electron chi connectivity index (χ3n) is 10.4. The Kier molecular flexibility index (Phi) is 9.69. The highest BCUT2D eigenvalue weighted by Gasteiger charge is 2.67. The van der Waals surface area contributed by atoms with Crippen LogP contribution in [0.2, 0.25) is 5.02 Å². The molecule has 3 aromatic carbocycles. The van der Waals surface area contributed by atoms with Crippen molar-refractivity contribution in [3.05, 3.63) is 121 Å². The smallest absolute Gasteiger partial charge is 0.293 e. The average molecular weight is 859 g/mol. The van der Waals surface area contributed by atoms with Gasteiger partial charge in [-0.2, -0.15) is 19.0 Å². The van der Waals surface area contributed by atoms with Crippen LogP contribution in [0.15, 0.2) is 59.4 Å². The number of carbonyl (C=O) groups is 1. The van der Waals surface area contributed by atoms with Gasteiger partial charge in [0, 0.05) is 42.6 Å². The maximum absolute atomic E-state index is 15.5. The molecule has 3 atom stereocenters. The largest absolute Gasteiger partial charge is 0.344 e. The molecule has 0 radical (unpaired) electrons. The van der Waals surface area contributed by atoms with E-state index in [1.165, 1.54) is 29.9 Å². The lowest BCUT2D eigenvalue weighted by atomic mass is 10.0. The number of hydrogen-bond donors (Lipinski definition) is 2. The van der Waals surface area contributed by atoms with Crippen molar-refractivity contribution in [3.63, 3.8) is 0 Å². The number of halogens is 7. The van der Waals surface area contributed by atoms with Crippen molar-refractivity contribution in [2.75, 3.05) is 11.0 Å².